The summed E-state index contributed by atoms with van der Waals surface area (Å²) >= 11 is 0. The maximum Gasteiger partial charge on any atom is 0.226 e. The summed E-state index contributed by atoms with van der Waals surface area (Å²) < 4.78 is 55.1. The number of imidazole rings is 1. The summed E-state index contributed by atoms with van der Waals surface area (Å²) in [6.45, 7) is 0. The second-order valence-electron chi connectivity index (χ2n) is 5.95. The molecular formula is C18H11F4N3O. The molecule has 0 spiro atoms. The van der Waals surface area contributed by atoms with Crippen LogP contribution in [0.4, 0.5) is 23.4 Å². The zero-order valence-electron chi connectivity index (χ0n) is 13.1. The van der Waals surface area contributed by atoms with Gasteiger partial charge in [-0.2, -0.15) is 0 Å². The molecule has 1 N–H and O–H groups in total. The van der Waals surface area contributed by atoms with Crippen LogP contribution in [0.3, 0.4) is 0 Å². The number of carbonyl (C=O) groups excluding carboxylic acids is 1. The molecule has 4 nitrogen and oxygen atoms in total. The molecule has 1 aromatic heterocycles. The van der Waals surface area contributed by atoms with Gasteiger partial charge in [0.1, 0.15) is 23.8 Å². The van der Waals surface area contributed by atoms with Gasteiger partial charge in [0.2, 0.25) is 5.91 Å². The van der Waals surface area contributed by atoms with Crippen molar-refractivity contribution in [1.29, 1.82) is 0 Å². The topological polar surface area (TPSA) is 46.9 Å². The fourth-order valence-electron chi connectivity index (χ4n) is 3.09. The molecule has 0 radical (unpaired) electrons. The Hall–Kier alpha value is -3.16. The first-order valence-electron chi connectivity index (χ1n) is 7.71. The molecule has 0 saturated heterocycles. The van der Waals surface area contributed by atoms with Gasteiger partial charge in [-0.3, -0.25) is 9.36 Å². The Morgan fingerprint density at radius 3 is 2.42 bits per heavy atom. The van der Waals surface area contributed by atoms with E-state index in [2.05, 4.69) is 10.3 Å². The molecule has 1 atom stereocenters. The lowest BCUT2D eigenvalue weighted by molar-refractivity contribution is -0.116. The lowest BCUT2D eigenvalue weighted by Crippen LogP contribution is -2.25. The number of fused-ring (bicyclic) bond motifs is 1. The fourth-order valence-corrected chi connectivity index (χ4v) is 3.09. The molecule has 3 aromatic rings. The highest BCUT2D eigenvalue weighted by atomic mass is 19.2. The van der Waals surface area contributed by atoms with Crippen molar-refractivity contribution in [2.75, 3.05) is 5.32 Å². The van der Waals surface area contributed by atoms with Crippen molar-refractivity contribution in [2.24, 2.45) is 0 Å². The van der Waals surface area contributed by atoms with Crippen molar-refractivity contribution in [3.8, 4) is 5.69 Å². The molecule has 1 unspecified atom stereocenters. The summed E-state index contributed by atoms with van der Waals surface area (Å²) in [4.78, 5) is 16.3. The number of carbonyl (C=O) groups is 1. The van der Waals surface area contributed by atoms with Crippen LogP contribution in [0, 0.1) is 23.3 Å². The normalized spacial score (nSPS) is 16.3. The van der Waals surface area contributed by atoms with Gasteiger partial charge >= 0.3 is 0 Å². The highest BCUT2D eigenvalue weighted by Gasteiger charge is 2.31. The molecule has 4 rings (SSSR count). The number of hydrogen-bond donors (Lipinski definition) is 1. The van der Waals surface area contributed by atoms with Crippen LogP contribution < -0.4 is 5.32 Å². The predicted molar refractivity (Wildman–Crippen MR) is 84.9 cm³/mol. The highest BCUT2D eigenvalue weighted by Crippen LogP contribution is 2.37. The van der Waals surface area contributed by atoms with E-state index in [9.17, 15) is 22.4 Å². The van der Waals surface area contributed by atoms with Gasteiger partial charge in [-0.05, 0) is 29.8 Å². The Kier molecular flexibility index (Phi) is 3.75. The number of halogens is 4. The first kappa shape index (κ1) is 16.3. The Labute approximate surface area is 145 Å². The summed E-state index contributed by atoms with van der Waals surface area (Å²) in [5.41, 5.74) is 0.929. The first-order chi connectivity index (χ1) is 12.4. The second kappa shape index (κ2) is 5.98. The van der Waals surface area contributed by atoms with Gasteiger partial charge in [0.15, 0.2) is 11.6 Å². The van der Waals surface area contributed by atoms with Crippen molar-refractivity contribution in [1.82, 2.24) is 9.55 Å². The quantitative estimate of drug-likeness (QED) is 0.704. The maximum absolute atomic E-state index is 13.6. The van der Waals surface area contributed by atoms with E-state index >= 15 is 0 Å². The molecular weight excluding hydrogens is 350 g/mol. The SMILES string of the molecule is O=C1CC(c2ccc(F)c(F)c2)c2ncn(-c3cc(F)cc(F)c3)c2N1. The zero-order chi connectivity index (χ0) is 18.4. The molecule has 0 aliphatic carbocycles. The van der Waals surface area contributed by atoms with Crippen molar-refractivity contribution >= 4 is 11.7 Å². The minimum absolute atomic E-state index is 0.00734. The van der Waals surface area contributed by atoms with Crippen LogP contribution in [0.2, 0.25) is 0 Å². The summed E-state index contributed by atoms with van der Waals surface area (Å²) in [6.07, 6.45) is 1.31. The number of anilines is 1. The van der Waals surface area contributed by atoms with Gasteiger partial charge in [-0.25, -0.2) is 22.5 Å². The smallest absolute Gasteiger partial charge is 0.226 e. The van der Waals surface area contributed by atoms with Crippen LogP contribution in [0.1, 0.15) is 23.6 Å². The summed E-state index contributed by atoms with van der Waals surface area (Å²) in [6, 6.07) is 6.30. The van der Waals surface area contributed by atoms with E-state index in [1.165, 1.54) is 17.0 Å². The minimum Gasteiger partial charge on any atom is -0.310 e. The van der Waals surface area contributed by atoms with E-state index < -0.39 is 29.2 Å². The zero-order valence-corrected chi connectivity index (χ0v) is 13.1. The fraction of sp³-hybridized carbons (Fsp3) is 0.111. The van der Waals surface area contributed by atoms with Gasteiger partial charge in [0.05, 0.1) is 11.4 Å². The van der Waals surface area contributed by atoms with Crippen LogP contribution in [0.25, 0.3) is 5.69 Å². The van der Waals surface area contributed by atoms with Gasteiger partial charge in [0.25, 0.3) is 0 Å². The average Bonchev–Trinajstić information content (AvgIpc) is 2.99. The van der Waals surface area contributed by atoms with Gasteiger partial charge in [-0.15, -0.1) is 0 Å². The largest absolute Gasteiger partial charge is 0.310 e. The molecule has 0 saturated carbocycles. The van der Waals surface area contributed by atoms with Gasteiger partial charge in [-0.1, -0.05) is 6.07 Å². The summed E-state index contributed by atoms with van der Waals surface area (Å²) in [5.74, 6) is -4.31. The molecule has 2 heterocycles. The van der Waals surface area contributed by atoms with E-state index in [0.29, 0.717) is 11.3 Å². The highest BCUT2D eigenvalue weighted by molar-refractivity contribution is 5.94. The van der Waals surface area contributed by atoms with E-state index in [4.69, 9.17) is 0 Å². The number of aromatic nitrogens is 2. The van der Waals surface area contributed by atoms with Crippen molar-refractivity contribution in [3.63, 3.8) is 0 Å². The Bertz CT molecular complexity index is 1010. The van der Waals surface area contributed by atoms with Crippen LogP contribution in [-0.4, -0.2) is 15.5 Å². The molecule has 1 aliphatic heterocycles. The third-order valence-corrected chi connectivity index (χ3v) is 4.24. The minimum atomic E-state index is -1.03. The molecule has 26 heavy (non-hydrogen) atoms. The number of amides is 1. The van der Waals surface area contributed by atoms with Crippen LogP contribution in [0.15, 0.2) is 42.7 Å². The lowest BCUT2D eigenvalue weighted by atomic mass is 9.89. The van der Waals surface area contributed by atoms with Crippen LogP contribution in [0.5, 0.6) is 0 Å². The van der Waals surface area contributed by atoms with Crippen molar-refractivity contribution in [3.05, 3.63) is 77.3 Å². The Morgan fingerprint density at radius 2 is 1.73 bits per heavy atom. The number of hydrogen-bond acceptors (Lipinski definition) is 2. The summed E-state index contributed by atoms with van der Waals surface area (Å²) in [7, 11) is 0. The van der Waals surface area contributed by atoms with Gasteiger partial charge < -0.3 is 5.32 Å². The lowest BCUT2D eigenvalue weighted by Gasteiger charge is -2.23. The monoisotopic (exact) mass is 361 g/mol. The molecule has 132 valence electrons. The second-order valence-corrected chi connectivity index (χ2v) is 5.95. The standard InChI is InChI=1S/C18H11F4N3O/c19-10-4-11(20)6-12(5-10)25-8-23-17-13(7-16(26)24-18(17)25)9-1-2-14(21)15(22)3-9/h1-6,8,13H,7H2,(H,24,26). The van der Waals surface area contributed by atoms with Crippen LogP contribution in [-0.2, 0) is 4.79 Å². The molecule has 1 aliphatic rings. The van der Waals surface area contributed by atoms with E-state index in [-0.39, 0.29) is 23.8 Å². The molecule has 8 heteroatoms. The van der Waals surface area contributed by atoms with Crippen LogP contribution >= 0.6 is 0 Å². The third kappa shape index (κ3) is 2.73. The van der Waals surface area contributed by atoms with Gasteiger partial charge in [0, 0.05) is 18.4 Å². The molecule has 0 fully saturated rings. The number of rotatable bonds is 2. The van der Waals surface area contributed by atoms with E-state index in [1.807, 2.05) is 0 Å². The number of nitrogens with one attached hydrogen (secondary N) is 1. The maximum atomic E-state index is 13.6. The number of nitrogens with zero attached hydrogens (tertiary/aromatic N) is 2. The van der Waals surface area contributed by atoms with Crippen molar-refractivity contribution < 1.29 is 22.4 Å². The Balaban J connectivity index is 1.83. The first-order valence-corrected chi connectivity index (χ1v) is 7.71. The molecule has 2 aromatic carbocycles. The molecule has 0 bridgehead atoms. The van der Waals surface area contributed by atoms with Crippen molar-refractivity contribution in [2.45, 2.75) is 12.3 Å². The Morgan fingerprint density at radius 1 is 1.00 bits per heavy atom. The average molecular weight is 361 g/mol. The number of benzene rings is 2. The van der Waals surface area contributed by atoms with E-state index in [1.54, 1.807) is 0 Å². The van der Waals surface area contributed by atoms with E-state index in [0.717, 1.165) is 30.3 Å². The summed E-state index contributed by atoms with van der Waals surface area (Å²) in [5, 5.41) is 2.62. The predicted octanol–water partition coefficient (Wildman–Crippen LogP) is 3.90. The third-order valence-electron chi connectivity index (χ3n) is 4.24. The molecule has 1 amide bonds.